The van der Waals surface area contributed by atoms with Gasteiger partial charge in [0, 0.05) is 5.54 Å². The summed E-state index contributed by atoms with van der Waals surface area (Å²) in [6.07, 6.45) is 14.8. The van der Waals surface area contributed by atoms with Gasteiger partial charge < -0.3 is 5.32 Å². The van der Waals surface area contributed by atoms with Crippen LogP contribution in [0.25, 0.3) is 0 Å². The minimum atomic E-state index is 0.525. The standard InChI is InChI=1S/C18H33N/c1-14-8-17-9-15(2)11-18(10-14,12-17)19-13-16-6-4-3-5-7-16/h14-17,19H,3-13H2,1-2H3. The van der Waals surface area contributed by atoms with Crippen molar-refractivity contribution in [1.29, 1.82) is 0 Å². The third-order valence-electron chi connectivity index (χ3n) is 6.12. The molecule has 0 aromatic carbocycles. The van der Waals surface area contributed by atoms with Crippen molar-refractivity contribution in [2.45, 2.75) is 83.6 Å². The van der Waals surface area contributed by atoms with Crippen molar-refractivity contribution in [1.82, 2.24) is 5.32 Å². The molecule has 2 unspecified atom stereocenters. The molecule has 3 saturated carbocycles. The Labute approximate surface area is 119 Å². The van der Waals surface area contributed by atoms with Gasteiger partial charge in [-0.2, -0.15) is 0 Å². The molecule has 0 spiro atoms. The zero-order valence-electron chi connectivity index (χ0n) is 13.1. The monoisotopic (exact) mass is 263 g/mol. The first-order valence-electron chi connectivity index (χ1n) is 8.90. The molecule has 3 aliphatic carbocycles. The van der Waals surface area contributed by atoms with Crippen molar-refractivity contribution in [3.63, 3.8) is 0 Å². The molecular formula is C18H33N. The van der Waals surface area contributed by atoms with Crippen LogP contribution < -0.4 is 5.32 Å². The van der Waals surface area contributed by atoms with E-state index in [0.717, 1.165) is 23.7 Å². The normalized spacial score (nSPS) is 44.2. The predicted octanol–water partition coefficient (Wildman–Crippen LogP) is 4.76. The molecule has 3 fully saturated rings. The van der Waals surface area contributed by atoms with Crippen LogP contribution in [-0.4, -0.2) is 12.1 Å². The van der Waals surface area contributed by atoms with Gasteiger partial charge in [-0.05, 0) is 75.2 Å². The summed E-state index contributed by atoms with van der Waals surface area (Å²) in [6.45, 7) is 6.28. The van der Waals surface area contributed by atoms with E-state index in [9.17, 15) is 0 Å². The number of fused-ring (bicyclic) bond motifs is 2. The van der Waals surface area contributed by atoms with E-state index >= 15 is 0 Å². The van der Waals surface area contributed by atoms with Crippen LogP contribution >= 0.6 is 0 Å². The van der Waals surface area contributed by atoms with Crippen molar-refractivity contribution in [3.05, 3.63) is 0 Å². The minimum absolute atomic E-state index is 0.525. The average molecular weight is 263 g/mol. The molecular weight excluding hydrogens is 230 g/mol. The lowest BCUT2D eigenvalue weighted by atomic mass is 9.61. The van der Waals surface area contributed by atoms with E-state index in [-0.39, 0.29) is 0 Å². The van der Waals surface area contributed by atoms with Crippen LogP contribution in [-0.2, 0) is 0 Å². The first kappa shape index (κ1) is 13.9. The van der Waals surface area contributed by atoms with Crippen LogP contribution in [0.3, 0.4) is 0 Å². The predicted molar refractivity (Wildman–Crippen MR) is 82.2 cm³/mol. The molecule has 2 atom stereocenters. The second kappa shape index (κ2) is 5.76. The van der Waals surface area contributed by atoms with Crippen LogP contribution in [0, 0.1) is 23.7 Å². The lowest BCUT2D eigenvalue weighted by Gasteiger charge is -2.51. The van der Waals surface area contributed by atoms with E-state index < -0.39 is 0 Å². The summed E-state index contributed by atoms with van der Waals surface area (Å²) >= 11 is 0. The van der Waals surface area contributed by atoms with Crippen LogP contribution in [0.1, 0.15) is 78.1 Å². The molecule has 2 bridgehead atoms. The highest BCUT2D eigenvalue weighted by Gasteiger charge is 2.43. The van der Waals surface area contributed by atoms with E-state index in [4.69, 9.17) is 0 Å². The smallest absolute Gasteiger partial charge is 0.0189 e. The number of rotatable bonds is 3. The van der Waals surface area contributed by atoms with Gasteiger partial charge in [0.2, 0.25) is 0 Å². The fraction of sp³-hybridized carbons (Fsp3) is 1.00. The van der Waals surface area contributed by atoms with E-state index in [1.54, 1.807) is 0 Å². The third-order valence-corrected chi connectivity index (χ3v) is 6.12. The van der Waals surface area contributed by atoms with Gasteiger partial charge >= 0.3 is 0 Å². The Balaban J connectivity index is 1.59. The summed E-state index contributed by atoms with van der Waals surface area (Å²) in [5, 5.41) is 4.10. The summed E-state index contributed by atoms with van der Waals surface area (Å²) < 4.78 is 0. The topological polar surface area (TPSA) is 12.0 Å². The van der Waals surface area contributed by atoms with Gasteiger partial charge in [-0.1, -0.05) is 33.1 Å². The molecule has 0 aliphatic heterocycles. The van der Waals surface area contributed by atoms with Gasteiger partial charge in [0.1, 0.15) is 0 Å². The first-order chi connectivity index (χ1) is 9.15. The highest BCUT2D eigenvalue weighted by atomic mass is 15.0. The molecule has 0 radical (unpaired) electrons. The second-order valence-corrected chi connectivity index (χ2v) is 8.33. The molecule has 1 nitrogen and oxygen atoms in total. The summed E-state index contributed by atoms with van der Waals surface area (Å²) in [6, 6.07) is 0. The maximum atomic E-state index is 4.10. The lowest BCUT2D eigenvalue weighted by Crippen LogP contribution is -2.55. The Morgan fingerprint density at radius 2 is 1.53 bits per heavy atom. The van der Waals surface area contributed by atoms with E-state index in [1.165, 1.54) is 70.8 Å². The average Bonchev–Trinajstić information content (AvgIpc) is 2.36. The van der Waals surface area contributed by atoms with Gasteiger partial charge in [-0.25, -0.2) is 0 Å². The summed E-state index contributed by atoms with van der Waals surface area (Å²) in [7, 11) is 0. The van der Waals surface area contributed by atoms with Crippen LogP contribution in [0.4, 0.5) is 0 Å². The number of hydrogen-bond donors (Lipinski definition) is 1. The molecule has 0 heterocycles. The molecule has 1 N–H and O–H groups in total. The van der Waals surface area contributed by atoms with E-state index in [1.807, 2.05) is 0 Å². The Kier molecular flexibility index (Phi) is 4.22. The van der Waals surface area contributed by atoms with E-state index in [2.05, 4.69) is 19.2 Å². The van der Waals surface area contributed by atoms with Crippen LogP contribution in [0.15, 0.2) is 0 Å². The van der Waals surface area contributed by atoms with Crippen LogP contribution in [0.2, 0.25) is 0 Å². The fourth-order valence-corrected chi connectivity index (χ4v) is 5.67. The summed E-state index contributed by atoms with van der Waals surface area (Å²) in [5.41, 5.74) is 0.525. The number of hydrogen-bond acceptors (Lipinski definition) is 1. The Morgan fingerprint density at radius 1 is 0.895 bits per heavy atom. The first-order valence-corrected chi connectivity index (χ1v) is 8.90. The Bertz CT molecular complexity index is 273. The van der Waals surface area contributed by atoms with Crippen molar-refractivity contribution in [3.8, 4) is 0 Å². The van der Waals surface area contributed by atoms with Crippen molar-refractivity contribution < 1.29 is 0 Å². The SMILES string of the molecule is CC1CC2CC(C)CC(NCC3CCCCC3)(C1)C2. The molecule has 110 valence electrons. The lowest BCUT2D eigenvalue weighted by molar-refractivity contribution is 0.0511. The maximum Gasteiger partial charge on any atom is 0.0189 e. The maximum absolute atomic E-state index is 4.10. The fourth-order valence-electron chi connectivity index (χ4n) is 5.67. The van der Waals surface area contributed by atoms with Gasteiger partial charge in [0.15, 0.2) is 0 Å². The zero-order valence-corrected chi connectivity index (χ0v) is 13.1. The highest BCUT2D eigenvalue weighted by Crippen LogP contribution is 2.47. The number of nitrogens with one attached hydrogen (secondary N) is 1. The van der Waals surface area contributed by atoms with Gasteiger partial charge in [0.25, 0.3) is 0 Å². The van der Waals surface area contributed by atoms with Crippen molar-refractivity contribution >= 4 is 0 Å². The van der Waals surface area contributed by atoms with Gasteiger partial charge in [-0.15, -0.1) is 0 Å². The molecule has 3 aliphatic rings. The molecule has 0 aromatic heterocycles. The largest absolute Gasteiger partial charge is 0.311 e. The summed E-state index contributed by atoms with van der Waals surface area (Å²) in [4.78, 5) is 0. The van der Waals surface area contributed by atoms with Gasteiger partial charge in [-0.3, -0.25) is 0 Å². The quantitative estimate of drug-likeness (QED) is 0.774. The molecule has 3 rings (SSSR count). The van der Waals surface area contributed by atoms with Gasteiger partial charge in [0.05, 0.1) is 0 Å². The Hall–Kier alpha value is -0.0400. The van der Waals surface area contributed by atoms with Crippen molar-refractivity contribution in [2.75, 3.05) is 6.54 Å². The van der Waals surface area contributed by atoms with Crippen molar-refractivity contribution in [2.24, 2.45) is 23.7 Å². The molecule has 0 aromatic rings. The zero-order chi connectivity index (χ0) is 13.3. The molecule has 1 heteroatoms. The molecule has 19 heavy (non-hydrogen) atoms. The van der Waals surface area contributed by atoms with Crippen LogP contribution in [0.5, 0.6) is 0 Å². The van der Waals surface area contributed by atoms with E-state index in [0.29, 0.717) is 5.54 Å². The third kappa shape index (κ3) is 3.35. The minimum Gasteiger partial charge on any atom is -0.311 e. The summed E-state index contributed by atoms with van der Waals surface area (Å²) in [5.74, 6) is 3.90. The molecule has 0 saturated heterocycles. The second-order valence-electron chi connectivity index (χ2n) is 8.33. The Morgan fingerprint density at radius 3 is 2.16 bits per heavy atom. The molecule has 0 amide bonds. The highest BCUT2D eigenvalue weighted by molar-refractivity contribution is 5.00.